The Hall–Kier alpha value is -2.48. The van der Waals surface area contributed by atoms with Gasteiger partial charge in [-0.2, -0.15) is 4.98 Å². The second kappa shape index (κ2) is 6.33. The first kappa shape index (κ1) is 15.4. The molecule has 122 valence electrons. The number of hydrogen-bond donors (Lipinski definition) is 1. The molecule has 0 aliphatic carbocycles. The van der Waals surface area contributed by atoms with Crippen molar-refractivity contribution in [2.45, 2.75) is 25.9 Å². The zero-order valence-corrected chi connectivity index (χ0v) is 13.1. The van der Waals surface area contributed by atoms with Crippen LogP contribution in [0.25, 0.3) is 0 Å². The zero-order valence-electron chi connectivity index (χ0n) is 13.1. The van der Waals surface area contributed by atoms with Gasteiger partial charge >= 0.3 is 0 Å². The monoisotopic (exact) mass is 317 g/mol. The summed E-state index contributed by atoms with van der Waals surface area (Å²) in [6, 6.07) is 3.28. The van der Waals surface area contributed by atoms with Crippen LogP contribution in [0.15, 0.2) is 22.9 Å². The minimum Gasteiger partial charge on any atom is -0.505 e. The van der Waals surface area contributed by atoms with E-state index in [1.165, 1.54) is 12.3 Å². The van der Waals surface area contributed by atoms with Gasteiger partial charge in [-0.25, -0.2) is 4.98 Å². The molecule has 1 atom stereocenters. The second-order valence-electron chi connectivity index (χ2n) is 5.71. The van der Waals surface area contributed by atoms with Crippen molar-refractivity contribution in [3.05, 3.63) is 35.7 Å². The van der Waals surface area contributed by atoms with Crippen LogP contribution in [0.3, 0.4) is 0 Å². The average molecular weight is 317 g/mol. The van der Waals surface area contributed by atoms with Crippen molar-refractivity contribution in [3.8, 4) is 5.75 Å². The normalized spacial score (nSPS) is 17.9. The van der Waals surface area contributed by atoms with Crippen molar-refractivity contribution in [2.75, 3.05) is 20.1 Å². The van der Waals surface area contributed by atoms with Gasteiger partial charge in [-0.3, -0.25) is 9.69 Å². The van der Waals surface area contributed by atoms with Gasteiger partial charge in [-0.05, 0) is 25.6 Å². The molecule has 1 unspecified atom stereocenters. The molecule has 1 aliphatic rings. The molecule has 8 heteroatoms. The lowest BCUT2D eigenvalue weighted by Gasteiger charge is -2.23. The molecule has 23 heavy (non-hydrogen) atoms. The van der Waals surface area contributed by atoms with Crippen molar-refractivity contribution in [1.29, 1.82) is 0 Å². The van der Waals surface area contributed by atoms with E-state index in [1.54, 1.807) is 17.9 Å². The van der Waals surface area contributed by atoms with E-state index in [0.29, 0.717) is 31.3 Å². The molecule has 0 saturated carbocycles. The fourth-order valence-electron chi connectivity index (χ4n) is 2.76. The third kappa shape index (κ3) is 3.31. The Morgan fingerprint density at radius 1 is 1.57 bits per heavy atom. The summed E-state index contributed by atoms with van der Waals surface area (Å²) in [5.41, 5.74) is 0.101. The van der Waals surface area contributed by atoms with E-state index in [-0.39, 0.29) is 23.4 Å². The molecular weight excluding hydrogens is 298 g/mol. The standard InChI is InChI=1S/C15H19N5O3/c1-10-17-13(18-23-10)9-19(2)11-5-7-20(8-11)15(22)14-12(21)4-3-6-16-14/h3-4,6,11,21H,5,7-9H2,1-2H3. The molecule has 1 amide bonds. The zero-order chi connectivity index (χ0) is 16.4. The topological polar surface area (TPSA) is 95.6 Å². The number of likely N-dealkylation sites (tertiary alicyclic amines) is 1. The Balaban J connectivity index is 1.61. The molecular formula is C15H19N5O3. The molecule has 1 fully saturated rings. The van der Waals surface area contributed by atoms with Gasteiger partial charge in [0.15, 0.2) is 11.5 Å². The maximum atomic E-state index is 12.4. The van der Waals surface area contributed by atoms with E-state index in [0.717, 1.165) is 6.42 Å². The van der Waals surface area contributed by atoms with Crippen LogP contribution in [0.2, 0.25) is 0 Å². The third-order valence-electron chi connectivity index (χ3n) is 4.02. The number of rotatable bonds is 4. The van der Waals surface area contributed by atoms with Crippen LogP contribution in [0.1, 0.15) is 28.6 Å². The minimum atomic E-state index is -0.241. The lowest BCUT2D eigenvalue weighted by Crippen LogP contribution is -2.36. The summed E-state index contributed by atoms with van der Waals surface area (Å²) in [6.45, 7) is 3.54. The Bertz CT molecular complexity index is 702. The summed E-state index contributed by atoms with van der Waals surface area (Å²) in [7, 11) is 1.97. The average Bonchev–Trinajstić information content (AvgIpc) is 3.16. The molecule has 3 rings (SSSR count). The number of aromatic hydroxyl groups is 1. The molecule has 2 aromatic heterocycles. The summed E-state index contributed by atoms with van der Waals surface area (Å²) >= 11 is 0. The fraction of sp³-hybridized carbons (Fsp3) is 0.467. The summed E-state index contributed by atoms with van der Waals surface area (Å²) in [6.07, 6.45) is 2.36. The van der Waals surface area contributed by atoms with Gasteiger partial charge in [-0.15, -0.1) is 0 Å². The van der Waals surface area contributed by atoms with E-state index >= 15 is 0 Å². The fourth-order valence-corrected chi connectivity index (χ4v) is 2.76. The van der Waals surface area contributed by atoms with E-state index < -0.39 is 0 Å². The van der Waals surface area contributed by atoms with Crippen LogP contribution < -0.4 is 0 Å². The molecule has 1 saturated heterocycles. The number of hydrogen-bond acceptors (Lipinski definition) is 7. The Morgan fingerprint density at radius 2 is 2.39 bits per heavy atom. The highest BCUT2D eigenvalue weighted by atomic mass is 16.5. The number of nitrogens with zero attached hydrogens (tertiary/aromatic N) is 5. The van der Waals surface area contributed by atoms with E-state index in [2.05, 4.69) is 20.0 Å². The third-order valence-corrected chi connectivity index (χ3v) is 4.02. The van der Waals surface area contributed by atoms with Crippen LogP contribution in [-0.4, -0.2) is 62.1 Å². The van der Waals surface area contributed by atoms with Gasteiger partial charge in [0.1, 0.15) is 5.75 Å². The highest BCUT2D eigenvalue weighted by Gasteiger charge is 2.31. The number of amides is 1. The van der Waals surface area contributed by atoms with Crippen LogP contribution in [0.4, 0.5) is 0 Å². The first-order valence-electron chi connectivity index (χ1n) is 7.47. The molecule has 2 aromatic rings. The summed E-state index contributed by atoms with van der Waals surface area (Å²) in [4.78, 5) is 24.4. The molecule has 3 heterocycles. The molecule has 0 spiro atoms. The maximum Gasteiger partial charge on any atom is 0.276 e. The highest BCUT2D eigenvalue weighted by molar-refractivity contribution is 5.94. The van der Waals surface area contributed by atoms with Crippen LogP contribution in [0, 0.1) is 6.92 Å². The number of pyridine rings is 1. The first-order valence-corrected chi connectivity index (χ1v) is 7.47. The highest BCUT2D eigenvalue weighted by Crippen LogP contribution is 2.21. The van der Waals surface area contributed by atoms with Crippen molar-refractivity contribution in [1.82, 2.24) is 24.9 Å². The lowest BCUT2D eigenvalue weighted by molar-refractivity contribution is 0.0770. The smallest absolute Gasteiger partial charge is 0.276 e. The predicted octanol–water partition coefficient (Wildman–Crippen LogP) is 0.825. The SMILES string of the molecule is Cc1nc(CN(C)C2CCN(C(=O)c3ncccc3O)C2)no1. The molecule has 1 aliphatic heterocycles. The number of likely N-dealkylation sites (N-methyl/N-ethyl adjacent to an activating group) is 1. The molecule has 0 bridgehead atoms. The Morgan fingerprint density at radius 3 is 3.09 bits per heavy atom. The van der Waals surface area contributed by atoms with Crippen LogP contribution >= 0.6 is 0 Å². The maximum absolute atomic E-state index is 12.4. The quantitative estimate of drug-likeness (QED) is 0.892. The Labute approximate surface area is 133 Å². The lowest BCUT2D eigenvalue weighted by atomic mass is 10.2. The summed E-state index contributed by atoms with van der Waals surface area (Å²) < 4.78 is 4.97. The van der Waals surface area contributed by atoms with Gasteiger partial charge in [0.05, 0.1) is 6.54 Å². The predicted molar refractivity (Wildman–Crippen MR) is 80.7 cm³/mol. The van der Waals surface area contributed by atoms with E-state index in [4.69, 9.17) is 4.52 Å². The number of carbonyl (C=O) groups is 1. The molecule has 8 nitrogen and oxygen atoms in total. The van der Waals surface area contributed by atoms with Gasteiger partial charge < -0.3 is 14.5 Å². The number of aromatic nitrogens is 3. The van der Waals surface area contributed by atoms with E-state index in [1.807, 2.05) is 7.05 Å². The van der Waals surface area contributed by atoms with Crippen LogP contribution in [-0.2, 0) is 6.54 Å². The molecule has 0 radical (unpaired) electrons. The molecule has 1 N–H and O–H groups in total. The summed E-state index contributed by atoms with van der Waals surface area (Å²) in [5, 5.41) is 13.7. The minimum absolute atomic E-state index is 0.0865. The first-order chi connectivity index (χ1) is 11.0. The van der Waals surface area contributed by atoms with E-state index in [9.17, 15) is 9.90 Å². The van der Waals surface area contributed by atoms with Gasteiger partial charge in [0, 0.05) is 32.3 Å². The Kier molecular flexibility index (Phi) is 4.24. The molecule has 0 aromatic carbocycles. The van der Waals surface area contributed by atoms with Gasteiger partial charge in [0.2, 0.25) is 5.89 Å². The number of carbonyl (C=O) groups excluding carboxylic acids is 1. The van der Waals surface area contributed by atoms with Crippen molar-refractivity contribution in [3.63, 3.8) is 0 Å². The van der Waals surface area contributed by atoms with Crippen LogP contribution in [0.5, 0.6) is 5.75 Å². The van der Waals surface area contributed by atoms with Gasteiger partial charge in [-0.1, -0.05) is 5.16 Å². The van der Waals surface area contributed by atoms with Gasteiger partial charge in [0.25, 0.3) is 5.91 Å². The number of aryl methyl sites for hydroxylation is 1. The largest absolute Gasteiger partial charge is 0.505 e. The summed E-state index contributed by atoms with van der Waals surface area (Å²) in [5.74, 6) is 0.852. The van der Waals surface area contributed by atoms with Crippen molar-refractivity contribution < 1.29 is 14.4 Å². The second-order valence-corrected chi connectivity index (χ2v) is 5.71. The van der Waals surface area contributed by atoms with Crippen molar-refractivity contribution >= 4 is 5.91 Å². The van der Waals surface area contributed by atoms with Crippen molar-refractivity contribution in [2.24, 2.45) is 0 Å².